The second-order valence-electron chi connectivity index (χ2n) is 1.08. The van der Waals surface area contributed by atoms with Crippen LogP contribution in [0.15, 0.2) is 0 Å². The molecular formula is C4H11LiNbO. The van der Waals surface area contributed by atoms with Crippen molar-refractivity contribution in [1.82, 2.24) is 0 Å². The van der Waals surface area contributed by atoms with Gasteiger partial charge >= 0.3 is 18.9 Å². The second kappa shape index (κ2) is 15.7. The zero-order chi connectivity index (χ0) is 4.12. The van der Waals surface area contributed by atoms with E-state index in [9.17, 15) is 0 Å². The van der Waals surface area contributed by atoms with E-state index in [0.717, 1.165) is 12.8 Å². The van der Waals surface area contributed by atoms with Crippen LogP contribution >= 0.6 is 0 Å². The molecule has 0 unspecified atom stereocenters. The van der Waals surface area contributed by atoms with Gasteiger partial charge in [-0.1, -0.05) is 13.3 Å². The quantitative estimate of drug-likeness (QED) is 0.476. The zero-order valence-electron chi connectivity index (χ0n) is 6.02. The van der Waals surface area contributed by atoms with E-state index < -0.39 is 0 Å². The molecule has 0 saturated heterocycles. The number of rotatable bonds is 2. The zero-order valence-corrected chi connectivity index (χ0v) is 7.21. The monoisotopic (exact) mass is 175 g/mol. The first kappa shape index (κ1) is 15.7. The third kappa shape index (κ3) is 18.8. The third-order valence-corrected chi connectivity index (χ3v) is 0.512. The van der Waals surface area contributed by atoms with Gasteiger partial charge in [-0.05, 0) is 6.42 Å². The summed E-state index contributed by atoms with van der Waals surface area (Å²) < 4.78 is 0. The number of unbranched alkanes of at least 4 members (excludes halogenated alkanes) is 1. The molecule has 39 valence electrons. The van der Waals surface area contributed by atoms with E-state index >= 15 is 0 Å². The van der Waals surface area contributed by atoms with Crippen LogP contribution in [0.1, 0.15) is 21.2 Å². The number of aliphatic hydroxyl groups is 1. The molecule has 0 aromatic rings. The maximum Gasteiger partial charge on any atom is 1.00 e. The van der Waals surface area contributed by atoms with Crippen molar-refractivity contribution in [3.63, 3.8) is 0 Å². The molecule has 1 nitrogen and oxygen atoms in total. The summed E-state index contributed by atoms with van der Waals surface area (Å²) in [4.78, 5) is 0. The van der Waals surface area contributed by atoms with Crippen LogP contribution in [-0.2, 0) is 22.4 Å². The van der Waals surface area contributed by atoms with Crippen molar-refractivity contribution in [2.24, 2.45) is 0 Å². The van der Waals surface area contributed by atoms with Crippen LogP contribution in [0.5, 0.6) is 0 Å². The fourth-order valence-electron chi connectivity index (χ4n) is 0.158. The Morgan fingerprint density at radius 1 is 1.57 bits per heavy atom. The SMILES string of the molecule is CCCCO.[H-].[Li+].[Nb]. The van der Waals surface area contributed by atoms with Crippen molar-refractivity contribution in [2.75, 3.05) is 6.61 Å². The summed E-state index contributed by atoms with van der Waals surface area (Å²) in [7, 11) is 0. The third-order valence-electron chi connectivity index (χ3n) is 0.512. The van der Waals surface area contributed by atoms with Crippen LogP contribution < -0.4 is 18.9 Å². The van der Waals surface area contributed by atoms with Crippen LogP contribution in [0.3, 0.4) is 0 Å². The van der Waals surface area contributed by atoms with Gasteiger partial charge in [0.1, 0.15) is 0 Å². The van der Waals surface area contributed by atoms with Gasteiger partial charge in [-0.25, -0.2) is 0 Å². The van der Waals surface area contributed by atoms with Crippen molar-refractivity contribution in [3.8, 4) is 0 Å². The van der Waals surface area contributed by atoms with Gasteiger partial charge in [0.2, 0.25) is 0 Å². The van der Waals surface area contributed by atoms with E-state index in [4.69, 9.17) is 5.11 Å². The largest absolute Gasteiger partial charge is 1.00 e. The Morgan fingerprint density at radius 3 is 2.00 bits per heavy atom. The smallest absolute Gasteiger partial charge is 1.00 e. The predicted octanol–water partition coefficient (Wildman–Crippen LogP) is -2.11. The summed E-state index contributed by atoms with van der Waals surface area (Å²) in [5, 5.41) is 8.07. The standard InChI is InChI=1S/C4H10O.Li.Nb.H/c1-2-3-4-5;;;/h5H,2-4H2,1H3;;;/q;+1;;-1. The van der Waals surface area contributed by atoms with E-state index in [1.165, 1.54) is 0 Å². The Bertz CT molecular complexity index is 23.5. The van der Waals surface area contributed by atoms with Gasteiger partial charge in [0.25, 0.3) is 0 Å². The molecule has 3 heteroatoms. The summed E-state index contributed by atoms with van der Waals surface area (Å²) in [5.74, 6) is 0. The Hall–Kier alpha value is 1.30. The minimum absolute atomic E-state index is 0. The van der Waals surface area contributed by atoms with Crippen molar-refractivity contribution < 1.29 is 47.8 Å². The van der Waals surface area contributed by atoms with Gasteiger partial charge in [0.15, 0.2) is 0 Å². The molecule has 7 heavy (non-hydrogen) atoms. The van der Waals surface area contributed by atoms with E-state index in [1.54, 1.807) is 0 Å². The summed E-state index contributed by atoms with van der Waals surface area (Å²) in [5.41, 5.74) is 0. The number of aliphatic hydroxyl groups excluding tert-OH is 1. The maximum atomic E-state index is 8.07. The van der Waals surface area contributed by atoms with Crippen LogP contribution in [-0.4, -0.2) is 11.7 Å². The summed E-state index contributed by atoms with van der Waals surface area (Å²) in [6, 6.07) is 0. The molecule has 0 rings (SSSR count). The number of hydrogen-bond acceptors (Lipinski definition) is 1. The molecule has 0 saturated carbocycles. The first-order valence-corrected chi connectivity index (χ1v) is 2.02. The topological polar surface area (TPSA) is 20.2 Å². The normalized spacial score (nSPS) is 6.00. The van der Waals surface area contributed by atoms with Crippen molar-refractivity contribution in [3.05, 3.63) is 0 Å². The minimum Gasteiger partial charge on any atom is -1.00 e. The van der Waals surface area contributed by atoms with E-state index in [1.807, 2.05) is 0 Å². The molecule has 0 atom stereocenters. The van der Waals surface area contributed by atoms with Crippen LogP contribution in [0, 0.1) is 0 Å². The molecule has 0 aliphatic heterocycles. The Kier molecular flexibility index (Phi) is 35.2. The summed E-state index contributed by atoms with van der Waals surface area (Å²) in [6.07, 6.45) is 2.04. The molecule has 0 aromatic heterocycles. The molecule has 0 aliphatic carbocycles. The Morgan fingerprint density at radius 2 is 2.00 bits per heavy atom. The molecule has 0 bridgehead atoms. The van der Waals surface area contributed by atoms with E-state index in [-0.39, 0.29) is 42.7 Å². The van der Waals surface area contributed by atoms with Crippen molar-refractivity contribution in [1.29, 1.82) is 0 Å². The number of hydrogen-bond donors (Lipinski definition) is 1. The first-order chi connectivity index (χ1) is 2.41. The summed E-state index contributed by atoms with van der Waals surface area (Å²) >= 11 is 0. The molecule has 0 spiro atoms. The fraction of sp³-hybridized carbons (Fsp3) is 1.00. The fourth-order valence-corrected chi connectivity index (χ4v) is 0.158. The molecule has 1 N–H and O–H groups in total. The summed E-state index contributed by atoms with van der Waals surface area (Å²) in [6.45, 7) is 2.40. The van der Waals surface area contributed by atoms with Crippen molar-refractivity contribution >= 4 is 0 Å². The molecule has 0 fully saturated rings. The van der Waals surface area contributed by atoms with Gasteiger partial charge in [-0.2, -0.15) is 0 Å². The second-order valence-corrected chi connectivity index (χ2v) is 1.08. The van der Waals surface area contributed by atoms with E-state index in [2.05, 4.69) is 6.92 Å². The maximum absolute atomic E-state index is 8.07. The molecule has 1 radical (unpaired) electrons. The van der Waals surface area contributed by atoms with Gasteiger partial charge in [0, 0.05) is 29.0 Å². The molecule has 0 aliphatic rings. The van der Waals surface area contributed by atoms with Gasteiger partial charge in [-0.3, -0.25) is 0 Å². The van der Waals surface area contributed by atoms with Crippen LogP contribution in [0.2, 0.25) is 0 Å². The van der Waals surface area contributed by atoms with Gasteiger partial charge in [-0.15, -0.1) is 0 Å². The molecule has 0 amide bonds. The minimum atomic E-state index is 0. The van der Waals surface area contributed by atoms with Crippen molar-refractivity contribution in [2.45, 2.75) is 19.8 Å². The predicted molar refractivity (Wildman–Crippen MR) is 23.1 cm³/mol. The van der Waals surface area contributed by atoms with Gasteiger partial charge in [0.05, 0.1) is 0 Å². The average Bonchev–Trinajstić information content (AvgIpc) is 1.41. The average molecular weight is 175 g/mol. The van der Waals surface area contributed by atoms with E-state index in [0.29, 0.717) is 6.61 Å². The molecule has 0 heterocycles. The molecule has 0 aromatic carbocycles. The Labute approximate surface area is 74.0 Å². The van der Waals surface area contributed by atoms with Crippen LogP contribution in [0.4, 0.5) is 0 Å². The van der Waals surface area contributed by atoms with Gasteiger partial charge < -0.3 is 6.53 Å². The van der Waals surface area contributed by atoms with Crippen LogP contribution in [0.25, 0.3) is 0 Å². The molecular weight excluding hydrogens is 164 g/mol. The Balaban J connectivity index is -0.0000000267. The first-order valence-electron chi connectivity index (χ1n) is 2.02.